The second kappa shape index (κ2) is 7.33. The van der Waals surface area contributed by atoms with Gasteiger partial charge in [0.1, 0.15) is 0 Å². The number of aromatic nitrogens is 2. The number of rotatable bonds is 8. The number of unbranched alkanes of at least 4 members (excludes halogenated alkanes) is 1. The second-order valence-electron chi connectivity index (χ2n) is 4.58. The number of nitrogens with one attached hydrogen (secondary N) is 1. The monoisotopic (exact) mass is 238 g/mol. The van der Waals surface area contributed by atoms with Crippen molar-refractivity contribution in [2.75, 3.05) is 32.0 Å². The molecule has 0 aromatic carbocycles. The van der Waals surface area contributed by atoms with Gasteiger partial charge in [-0.3, -0.25) is 0 Å². The van der Waals surface area contributed by atoms with Crippen LogP contribution in [0.15, 0.2) is 6.20 Å². The quantitative estimate of drug-likeness (QED) is 0.754. The number of anilines is 1. The lowest BCUT2D eigenvalue weighted by Gasteiger charge is -2.15. The van der Waals surface area contributed by atoms with Crippen LogP contribution in [-0.2, 0) is 6.54 Å². The summed E-state index contributed by atoms with van der Waals surface area (Å²) in [5.41, 5.74) is 1.09. The maximum Gasteiger partial charge on any atom is 0.203 e. The fourth-order valence-electron chi connectivity index (χ4n) is 1.70. The Balaban J connectivity index is 2.45. The minimum absolute atomic E-state index is 0.951. The molecular weight excluding hydrogens is 212 g/mol. The molecule has 0 unspecified atom stereocenters. The first-order chi connectivity index (χ1) is 8.17. The van der Waals surface area contributed by atoms with Gasteiger partial charge >= 0.3 is 0 Å². The fourth-order valence-corrected chi connectivity index (χ4v) is 1.70. The third-order valence-corrected chi connectivity index (χ3v) is 2.97. The standard InChI is InChI=1S/C13H26N4/c1-5-7-9-17-11-12(3)15-13(17)14-8-10-16(4)6-2/h11H,5-10H2,1-4H3,(H,14,15). The summed E-state index contributed by atoms with van der Waals surface area (Å²) in [4.78, 5) is 6.81. The number of hydrogen-bond acceptors (Lipinski definition) is 3. The van der Waals surface area contributed by atoms with Crippen LogP contribution >= 0.6 is 0 Å². The molecule has 0 bridgehead atoms. The van der Waals surface area contributed by atoms with Gasteiger partial charge in [0.15, 0.2) is 0 Å². The van der Waals surface area contributed by atoms with Gasteiger partial charge < -0.3 is 14.8 Å². The highest BCUT2D eigenvalue weighted by molar-refractivity contribution is 5.28. The average molecular weight is 238 g/mol. The van der Waals surface area contributed by atoms with E-state index in [0.717, 1.165) is 37.8 Å². The molecule has 1 aromatic rings. The summed E-state index contributed by atoms with van der Waals surface area (Å²) in [6, 6.07) is 0. The highest BCUT2D eigenvalue weighted by Crippen LogP contribution is 2.09. The summed E-state index contributed by atoms with van der Waals surface area (Å²) in [7, 11) is 2.14. The zero-order chi connectivity index (χ0) is 12.7. The SMILES string of the molecule is CCCCn1cc(C)nc1NCCN(C)CC. The van der Waals surface area contributed by atoms with E-state index in [0.29, 0.717) is 0 Å². The largest absolute Gasteiger partial charge is 0.354 e. The van der Waals surface area contributed by atoms with Gasteiger partial charge in [0.25, 0.3) is 0 Å². The Morgan fingerprint density at radius 3 is 2.82 bits per heavy atom. The van der Waals surface area contributed by atoms with Crippen LogP contribution in [0.3, 0.4) is 0 Å². The lowest BCUT2D eigenvalue weighted by molar-refractivity contribution is 0.366. The summed E-state index contributed by atoms with van der Waals surface area (Å²) in [5, 5.41) is 3.42. The smallest absolute Gasteiger partial charge is 0.203 e. The third kappa shape index (κ3) is 4.77. The van der Waals surface area contributed by atoms with Crippen molar-refractivity contribution in [2.24, 2.45) is 0 Å². The molecule has 0 aliphatic carbocycles. The molecule has 1 rings (SSSR count). The Kier molecular flexibility index (Phi) is 6.05. The maximum atomic E-state index is 4.52. The molecule has 0 aliphatic heterocycles. The Morgan fingerprint density at radius 1 is 1.41 bits per heavy atom. The molecule has 0 atom stereocenters. The molecule has 4 nitrogen and oxygen atoms in total. The molecule has 0 spiro atoms. The van der Waals surface area contributed by atoms with E-state index >= 15 is 0 Å². The predicted molar refractivity (Wildman–Crippen MR) is 73.5 cm³/mol. The maximum absolute atomic E-state index is 4.52. The van der Waals surface area contributed by atoms with E-state index < -0.39 is 0 Å². The summed E-state index contributed by atoms with van der Waals surface area (Å²) in [5.74, 6) is 1.01. The first-order valence-corrected chi connectivity index (χ1v) is 6.63. The van der Waals surface area contributed by atoms with E-state index in [-0.39, 0.29) is 0 Å². The fraction of sp³-hybridized carbons (Fsp3) is 0.769. The molecule has 1 N–H and O–H groups in total. The normalized spacial score (nSPS) is 11.1. The lowest BCUT2D eigenvalue weighted by atomic mass is 10.3. The first kappa shape index (κ1) is 14.0. The van der Waals surface area contributed by atoms with E-state index in [1.807, 2.05) is 6.92 Å². The molecule has 0 amide bonds. The first-order valence-electron chi connectivity index (χ1n) is 6.63. The van der Waals surface area contributed by atoms with E-state index in [9.17, 15) is 0 Å². The number of nitrogens with zero attached hydrogens (tertiary/aromatic N) is 3. The van der Waals surface area contributed by atoms with Gasteiger partial charge in [-0.2, -0.15) is 0 Å². The van der Waals surface area contributed by atoms with Crippen molar-refractivity contribution in [3.05, 3.63) is 11.9 Å². The van der Waals surface area contributed by atoms with Crippen LogP contribution in [0.1, 0.15) is 32.4 Å². The molecule has 0 radical (unpaired) electrons. The van der Waals surface area contributed by atoms with Crippen LogP contribution in [0, 0.1) is 6.92 Å². The van der Waals surface area contributed by atoms with Gasteiger partial charge in [0.2, 0.25) is 5.95 Å². The van der Waals surface area contributed by atoms with Crippen molar-refractivity contribution in [1.82, 2.24) is 14.5 Å². The van der Waals surface area contributed by atoms with Crippen LogP contribution in [0.2, 0.25) is 0 Å². The Hall–Kier alpha value is -1.03. The summed E-state index contributed by atoms with van der Waals surface area (Å²) in [6.45, 7) is 10.6. The zero-order valence-corrected chi connectivity index (χ0v) is 11.7. The van der Waals surface area contributed by atoms with Gasteiger partial charge in [-0.25, -0.2) is 4.98 Å². The van der Waals surface area contributed by atoms with Crippen molar-refractivity contribution < 1.29 is 0 Å². The van der Waals surface area contributed by atoms with E-state index in [4.69, 9.17) is 0 Å². The van der Waals surface area contributed by atoms with Gasteiger partial charge in [0, 0.05) is 25.8 Å². The van der Waals surface area contributed by atoms with Crippen LogP contribution < -0.4 is 5.32 Å². The van der Waals surface area contributed by atoms with Crippen molar-refractivity contribution >= 4 is 5.95 Å². The van der Waals surface area contributed by atoms with E-state index in [1.165, 1.54) is 12.8 Å². The Labute approximate surface area is 105 Å². The van der Waals surface area contributed by atoms with Gasteiger partial charge in [-0.15, -0.1) is 0 Å². The van der Waals surface area contributed by atoms with Crippen molar-refractivity contribution in [1.29, 1.82) is 0 Å². The molecule has 4 heteroatoms. The minimum Gasteiger partial charge on any atom is -0.354 e. The van der Waals surface area contributed by atoms with Crippen LogP contribution in [0.5, 0.6) is 0 Å². The number of likely N-dealkylation sites (N-methyl/N-ethyl adjacent to an activating group) is 1. The summed E-state index contributed by atoms with van der Waals surface area (Å²) >= 11 is 0. The highest BCUT2D eigenvalue weighted by atomic mass is 15.2. The average Bonchev–Trinajstić information content (AvgIpc) is 2.67. The summed E-state index contributed by atoms with van der Waals surface area (Å²) < 4.78 is 2.23. The molecular formula is C13H26N4. The van der Waals surface area contributed by atoms with Gasteiger partial charge in [-0.1, -0.05) is 20.3 Å². The summed E-state index contributed by atoms with van der Waals surface area (Å²) in [6.07, 6.45) is 4.55. The Bertz CT molecular complexity index is 319. The molecule has 0 saturated heterocycles. The lowest BCUT2D eigenvalue weighted by Crippen LogP contribution is -2.25. The number of hydrogen-bond donors (Lipinski definition) is 1. The zero-order valence-electron chi connectivity index (χ0n) is 11.7. The second-order valence-corrected chi connectivity index (χ2v) is 4.58. The number of imidazole rings is 1. The molecule has 17 heavy (non-hydrogen) atoms. The predicted octanol–water partition coefficient (Wildman–Crippen LogP) is 2.36. The number of aryl methyl sites for hydroxylation is 2. The van der Waals surface area contributed by atoms with E-state index in [2.05, 4.69) is 46.9 Å². The van der Waals surface area contributed by atoms with Crippen molar-refractivity contribution in [2.45, 2.75) is 40.2 Å². The third-order valence-electron chi connectivity index (χ3n) is 2.97. The van der Waals surface area contributed by atoms with Crippen LogP contribution in [0.25, 0.3) is 0 Å². The topological polar surface area (TPSA) is 33.1 Å². The van der Waals surface area contributed by atoms with Crippen molar-refractivity contribution in [3.8, 4) is 0 Å². The molecule has 0 aliphatic rings. The van der Waals surface area contributed by atoms with E-state index in [1.54, 1.807) is 0 Å². The van der Waals surface area contributed by atoms with Crippen LogP contribution in [0.4, 0.5) is 5.95 Å². The molecule has 0 fully saturated rings. The highest BCUT2D eigenvalue weighted by Gasteiger charge is 2.04. The van der Waals surface area contributed by atoms with Crippen LogP contribution in [-0.4, -0.2) is 41.1 Å². The van der Waals surface area contributed by atoms with Gasteiger partial charge in [-0.05, 0) is 26.9 Å². The molecule has 0 saturated carbocycles. The Morgan fingerprint density at radius 2 is 2.18 bits per heavy atom. The molecule has 1 aromatic heterocycles. The van der Waals surface area contributed by atoms with Gasteiger partial charge in [0.05, 0.1) is 5.69 Å². The van der Waals surface area contributed by atoms with Crippen molar-refractivity contribution in [3.63, 3.8) is 0 Å². The molecule has 1 heterocycles. The minimum atomic E-state index is 0.951. The molecule has 98 valence electrons.